The van der Waals surface area contributed by atoms with Gasteiger partial charge in [0.15, 0.2) is 0 Å². The van der Waals surface area contributed by atoms with E-state index in [0.717, 1.165) is 36.1 Å². The van der Waals surface area contributed by atoms with Gasteiger partial charge in [-0.05, 0) is 83.1 Å². The zero-order chi connectivity index (χ0) is 28.9. The van der Waals surface area contributed by atoms with E-state index in [9.17, 15) is 25.0 Å². The van der Waals surface area contributed by atoms with E-state index in [1.54, 1.807) is 6.07 Å². The van der Waals surface area contributed by atoms with Crippen molar-refractivity contribution in [3.63, 3.8) is 0 Å². The lowest BCUT2D eigenvalue weighted by Gasteiger charge is -2.12. The van der Waals surface area contributed by atoms with E-state index in [4.69, 9.17) is 4.74 Å². The number of para-hydroxylation sites is 1. The van der Waals surface area contributed by atoms with Crippen LogP contribution in [0.4, 0.5) is 22.1 Å². The number of carbonyl (C=O) groups is 1. The molecule has 0 aliphatic heterocycles. The quantitative estimate of drug-likeness (QED) is 0.113. The van der Waals surface area contributed by atoms with Crippen LogP contribution in [0.15, 0.2) is 76.2 Å². The van der Waals surface area contributed by atoms with E-state index in [2.05, 4.69) is 26.2 Å². The molecule has 0 saturated heterocycles. The average molecular weight is 635 g/mol. The Hall–Kier alpha value is -4.42. The summed E-state index contributed by atoms with van der Waals surface area (Å²) in [6.45, 7) is -0.0223. The van der Waals surface area contributed by atoms with Gasteiger partial charge in [0.25, 0.3) is 11.6 Å². The molecule has 0 radical (unpaired) electrons. The standard InChI is InChI=1S/C29H23BrN4O6S/c30-23-14-19(15-24(34(38)39)27(23)40-17-18-10-12-21(13-11-18)33(36)37)16-31-29-26(22-8-4-5-9-25(22)41-29)28(35)32-20-6-2-1-3-7-20/h1-3,6-7,10-16H,4-5,8-9,17H2,(H,32,35). The topological polar surface area (TPSA) is 137 Å². The van der Waals surface area contributed by atoms with Crippen LogP contribution in [0.25, 0.3) is 0 Å². The molecule has 10 nitrogen and oxygen atoms in total. The number of amides is 1. The van der Waals surface area contributed by atoms with E-state index in [-0.39, 0.29) is 29.6 Å². The number of nitro benzene ring substituents is 2. The summed E-state index contributed by atoms with van der Waals surface area (Å²) < 4.78 is 6.09. The van der Waals surface area contributed by atoms with E-state index in [1.165, 1.54) is 47.9 Å². The summed E-state index contributed by atoms with van der Waals surface area (Å²) in [5.41, 5.74) is 2.99. The lowest BCUT2D eigenvalue weighted by molar-refractivity contribution is -0.386. The molecule has 1 amide bonds. The smallest absolute Gasteiger partial charge is 0.312 e. The monoisotopic (exact) mass is 634 g/mol. The summed E-state index contributed by atoms with van der Waals surface area (Å²) >= 11 is 4.85. The van der Waals surface area contributed by atoms with Crippen LogP contribution in [0.1, 0.15) is 44.8 Å². The average Bonchev–Trinajstić information content (AvgIpc) is 3.34. The van der Waals surface area contributed by atoms with Gasteiger partial charge in [-0.3, -0.25) is 25.0 Å². The maximum absolute atomic E-state index is 13.3. The second-order valence-electron chi connectivity index (χ2n) is 9.29. The Morgan fingerprint density at radius 3 is 2.46 bits per heavy atom. The van der Waals surface area contributed by atoms with Crippen molar-refractivity contribution in [3.05, 3.63) is 119 Å². The van der Waals surface area contributed by atoms with Crippen molar-refractivity contribution in [1.29, 1.82) is 0 Å². The third-order valence-electron chi connectivity index (χ3n) is 6.52. The van der Waals surface area contributed by atoms with Gasteiger partial charge < -0.3 is 10.1 Å². The normalized spacial score (nSPS) is 12.6. The molecule has 1 aliphatic carbocycles. The number of thiophene rings is 1. The molecule has 1 N–H and O–H groups in total. The molecule has 5 rings (SSSR count). The zero-order valence-corrected chi connectivity index (χ0v) is 23.9. The Labute approximate surface area is 247 Å². The predicted molar refractivity (Wildman–Crippen MR) is 161 cm³/mol. The second-order valence-corrected chi connectivity index (χ2v) is 11.2. The SMILES string of the molecule is O=C(Nc1ccccc1)c1c(N=Cc2cc(Br)c(OCc3ccc([N+](=O)[O-])cc3)c([N+](=O)[O-])c2)sc2c1CCCC2. The first kappa shape index (κ1) is 28.1. The molecule has 41 heavy (non-hydrogen) atoms. The van der Waals surface area contributed by atoms with Gasteiger partial charge in [-0.2, -0.15) is 0 Å². The molecule has 0 unspecified atom stereocenters. The van der Waals surface area contributed by atoms with Crippen molar-refractivity contribution in [2.24, 2.45) is 4.99 Å². The molecule has 1 heterocycles. The number of fused-ring (bicyclic) bond motifs is 1. The Bertz CT molecular complexity index is 1650. The summed E-state index contributed by atoms with van der Waals surface area (Å²) in [6.07, 6.45) is 5.25. The van der Waals surface area contributed by atoms with Gasteiger partial charge in [0.05, 0.1) is 19.9 Å². The highest BCUT2D eigenvalue weighted by molar-refractivity contribution is 9.10. The number of hydrogen-bond donors (Lipinski definition) is 1. The molecule has 0 spiro atoms. The van der Waals surface area contributed by atoms with Crippen LogP contribution < -0.4 is 10.1 Å². The zero-order valence-electron chi connectivity index (χ0n) is 21.5. The summed E-state index contributed by atoms with van der Waals surface area (Å²) in [4.78, 5) is 40.8. The van der Waals surface area contributed by atoms with Gasteiger partial charge in [-0.25, -0.2) is 4.99 Å². The van der Waals surface area contributed by atoms with Crippen LogP contribution in [0, 0.1) is 20.2 Å². The number of non-ortho nitro benzene ring substituents is 1. The molecule has 4 aromatic rings. The van der Waals surface area contributed by atoms with Crippen molar-refractivity contribution in [3.8, 4) is 5.75 Å². The first-order valence-corrected chi connectivity index (χ1v) is 14.3. The number of rotatable bonds is 9. The molecular formula is C29H23BrN4O6S. The largest absolute Gasteiger partial charge is 0.481 e. The number of halogens is 1. The molecule has 0 saturated carbocycles. The Balaban J connectivity index is 1.41. The lowest BCUT2D eigenvalue weighted by Crippen LogP contribution is -2.14. The van der Waals surface area contributed by atoms with Crippen LogP contribution in [0.3, 0.4) is 0 Å². The number of hydrogen-bond acceptors (Lipinski definition) is 8. The van der Waals surface area contributed by atoms with Crippen LogP contribution >= 0.6 is 27.3 Å². The molecule has 3 aromatic carbocycles. The van der Waals surface area contributed by atoms with Crippen LogP contribution in [0.5, 0.6) is 5.75 Å². The number of nitrogens with zero attached hydrogens (tertiary/aromatic N) is 3. The first-order chi connectivity index (χ1) is 19.8. The third kappa shape index (κ3) is 6.50. The van der Waals surface area contributed by atoms with E-state index < -0.39 is 9.85 Å². The minimum absolute atomic E-state index is 0.0223. The van der Waals surface area contributed by atoms with Crippen molar-refractivity contribution in [2.45, 2.75) is 32.3 Å². The highest BCUT2D eigenvalue weighted by atomic mass is 79.9. The number of aliphatic imine (C=N–C) groups is 1. The van der Waals surface area contributed by atoms with Crippen molar-refractivity contribution in [2.75, 3.05) is 5.32 Å². The van der Waals surface area contributed by atoms with E-state index >= 15 is 0 Å². The number of benzene rings is 3. The fourth-order valence-electron chi connectivity index (χ4n) is 4.55. The summed E-state index contributed by atoms with van der Waals surface area (Å²) in [6, 6.07) is 18.0. The van der Waals surface area contributed by atoms with Crippen LogP contribution in [0.2, 0.25) is 0 Å². The molecular weight excluding hydrogens is 612 g/mol. The Morgan fingerprint density at radius 1 is 1.02 bits per heavy atom. The molecule has 1 aromatic heterocycles. The molecule has 0 fully saturated rings. The third-order valence-corrected chi connectivity index (χ3v) is 8.30. The highest BCUT2D eigenvalue weighted by Gasteiger charge is 2.26. The van der Waals surface area contributed by atoms with Gasteiger partial charge in [-0.15, -0.1) is 11.3 Å². The Kier molecular flexibility index (Phi) is 8.50. The van der Waals surface area contributed by atoms with E-state index in [1.807, 2.05) is 30.3 Å². The van der Waals surface area contributed by atoms with Gasteiger partial charge in [0, 0.05) is 40.5 Å². The maximum Gasteiger partial charge on any atom is 0.312 e. The first-order valence-electron chi connectivity index (χ1n) is 12.7. The fourth-order valence-corrected chi connectivity index (χ4v) is 6.36. The molecule has 208 valence electrons. The number of anilines is 1. The number of nitrogens with one attached hydrogen (secondary N) is 1. The van der Waals surface area contributed by atoms with Crippen molar-refractivity contribution in [1.82, 2.24) is 0 Å². The lowest BCUT2D eigenvalue weighted by atomic mass is 9.95. The fraction of sp³-hybridized carbons (Fsp3) is 0.172. The maximum atomic E-state index is 13.3. The summed E-state index contributed by atoms with van der Waals surface area (Å²) in [5.74, 6) is -0.204. The predicted octanol–water partition coefficient (Wildman–Crippen LogP) is 7.79. The second kappa shape index (κ2) is 12.4. The number of aryl methyl sites for hydroxylation is 1. The van der Waals surface area contributed by atoms with E-state index in [0.29, 0.717) is 31.9 Å². The minimum Gasteiger partial charge on any atom is -0.481 e. The van der Waals surface area contributed by atoms with Crippen molar-refractivity contribution < 1.29 is 19.4 Å². The molecule has 12 heteroatoms. The van der Waals surface area contributed by atoms with Crippen LogP contribution in [-0.2, 0) is 19.4 Å². The van der Waals surface area contributed by atoms with Gasteiger partial charge in [0.1, 0.15) is 11.6 Å². The number of carbonyl (C=O) groups excluding carboxylic acids is 1. The molecule has 0 atom stereocenters. The summed E-state index contributed by atoms with van der Waals surface area (Å²) in [7, 11) is 0. The Morgan fingerprint density at radius 2 is 1.76 bits per heavy atom. The van der Waals surface area contributed by atoms with Gasteiger partial charge in [-0.1, -0.05) is 18.2 Å². The molecule has 1 aliphatic rings. The van der Waals surface area contributed by atoms with Gasteiger partial charge >= 0.3 is 5.69 Å². The highest BCUT2D eigenvalue weighted by Crippen LogP contribution is 2.41. The van der Waals surface area contributed by atoms with Gasteiger partial charge in [0.2, 0.25) is 5.75 Å². The minimum atomic E-state index is -0.546. The summed E-state index contributed by atoms with van der Waals surface area (Å²) in [5, 5.41) is 26.3. The molecule has 0 bridgehead atoms. The van der Waals surface area contributed by atoms with Crippen LogP contribution in [-0.4, -0.2) is 22.0 Å². The number of ether oxygens (including phenoxy) is 1. The number of nitro groups is 2. The van der Waals surface area contributed by atoms with Crippen molar-refractivity contribution >= 4 is 61.5 Å².